The summed E-state index contributed by atoms with van der Waals surface area (Å²) in [5.74, 6) is -1.08. The van der Waals surface area contributed by atoms with E-state index >= 15 is 0 Å². The predicted molar refractivity (Wildman–Crippen MR) is 162 cm³/mol. The normalized spacial score (nSPS) is 11.8. The van der Waals surface area contributed by atoms with Gasteiger partial charge in [-0.05, 0) is 63.2 Å². The second-order valence-corrected chi connectivity index (χ2v) is 13.9. The monoisotopic (exact) mass is 631 g/mol. The molecule has 2 aromatic heterocycles. The van der Waals surface area contributed by atoms with Gasteiger partial charge in [-0.15, -0.1) is 0 Å². The lowest BCUT2D eigenvalue weighted by Gasteiger charge is -2.27. The number of benzene rings is 1. The number of amides is 3. The summed E-state index contributed by atoms with van der Waals surface area (Å²) in [7, 11) is -3.63. The predicted octanol–water partition coefficient (Wildman–Crippen LogP) is 4.97. The van der Waals surface area contributed by atoms with Gasteiger partial charge >= 0.3 is 6.09 Å². The highest BCUT2D eigenvalue weighted by molar-refractivity contribution is 7.90. The van der Waals surface area contributed by atoms with E-state index in [1.54, 1.807) is 26.8 Å². The highest BCUT2D eigenvalue weighted by Gasteiger charge is 2.25. The van der Waals surface area contributed by atoms with Gasteiger partial charge in [0, 0.05) is 30.6 Å². The molecule has 3 aromatic rings. The van der Waals surface area contributed by atoms with Crippen LogP contribution in [-0.4, -0.2) is 61.3 Å². The average molecular weight is 632 g/mol. The molecule has 14 heteroatoms. The molecule has 43 heavy (non-hydrogen) atoms. The fourth-order valence-electron chi connectivity index (χ4n) is 3.49. The number of nitrogens with one attached hydrogen (secondary N) is 3. The molecule has 0 atom stereocenters. The van der Waals surface area contributed by atoms with Crippen molar-refractivity contribution in [2.24, 2.45) is 5.41 Å². The number of pyridine rings is 2. The van der Waals surface area contributed by atoms with Crippen molar-refractivity contribution in [1.29, 1.82) is 0 Å². The van der Waals surface area contributed by atoms with Crippen LogP contribution in [0.5, 0.6) is 5.75 Å². The maximum absolute atomic E-state index is 13.4. The zero-order valence-electron chi connectivity index (χ0n) is 24.6. The van der Waals surface area contributed by atoms with Gasteiger partial charge in [-0.25, -0.2) is 23.2 Å². The summed E-state index contributed by atoms with van der Waals surface area (Å²) in [6.45, 7) is 9.07. The summed E-state index contributed by atoms with van der Waals surface area (Å²) < 4.78 is 35.7. The minimum Gasteiger partial charge on any atom is -0.492 e. The van der Waals surface area contributed by atoms with E-state index < -0.39 is 38.8 Å². The molecule has 1 aromatic carbocycles. The van der Waals surface area contributed by atoms with Crippen molar-refractivity contribution in [2.75, 3.05) is 30.0 Å². The Bertz CT molecular complexity index is 1600. The van der Waals surface area contributed by atoms with Crippen LogP contribution < -0.4 is 20.7 Å². The molecule has 0 saturated carbocycles. The van der Waals surface area contributed by atoms with Crippen LogP contribution in [0, 0.1) is 5.41 Å². The van der Waals surface area contributed by atoms with E-state index in [4.69, 9.17) is 21.1 Å². The summed E-state index contributed by atoms with van der Waals surface area (Å²) in [4.78, 5) is 46.5. The molecule has 2 heterocycles. The number of alkyl carbamates (subject to hydrolysis) is 1. The molecule has 0 spiro atoms. The van der Waals surface area contributed by atoms with E-state index in [1.807, 2.05) is 13.8 Å². The topological polar surface area (TPSA) is 166 Å². The van der Waals surface area contributed by atoms with Crippen LogP contribution in [0.1, 0.15) is 55.5 Å². The third kappa shape index (κ3) is 10.2. The standard InChI is InChI=1S/C29H34ClN5O7S/c1-28(2,3)42-27(38)33-16-29(4,5)17-41-22-14-19(43(6,39)40)10-11-20(22)25(36)34-21-8-7-13-31-24(21)26(37)35-23-12-9-18(30)15-32-23/h7-15H,16-17H2,1-6H3,(H,33,38)(H,34,36)(H,32,35,37). The number of hydrogen-bond donors (Lipinski definition) is 3. The Morgan fingerprint density at radius 3 is 2.30 bits per heavy atom. The van der Waals surface area contributed by atoms with Crippen molar-refractivity contribution in [3.63, 3.8) is 0 Å². The molecule has 0 aliphatic rings. The average Bonchev–Trinajstić information content (AvgIpc) is 2.91. The number of aromatic nitrogens is 2. The summed E-state index contributed by atoms with van der Waals surface area (Å²) in [6, 6.07) is 9.96. The Hall–Kier alpha value is -4.23. The molecule has 0 aliphatic carbocycles. The van der Waals surface area contributed by atoms with Crippen molar-refractivity contribution in [3.8, 4) is 5.75 Å². The lowest BCUT2D eigenvalue weighted by atomic mass is 9.95. The van der Waals surface area contributed by atoms with Crippen LogP contribution in [0.2, 0.25) is 5.02 Å². The van der Waals surface area contributed by atoms with Crippen molar-refractivity contribution in [1.82, 2.24) is 15.3 Å². The number of halogens is 1. The largest absolute Gasteiger partial charge is 0.492 e. The molecule has 12 nitrogen and oxygen atoms in total. The first kappa shape index (κ1) is 33.3. The van der Waals surface area contributed by atoms with Crippen LogP contribution in [0.25, 0.3) is 0 Å². The number of carbonyl (C=O) groups is 3. The summed E-state index contributed by atoms with van der Waals surface area (Å²) in [6.07, 6.45) is 3.21. The lowest BCUT2D eigenvalue weighted by Crippen LogP contribution is -2.40. The number of anilines is 2. The van der Waals surface area contributed by atoms with Gasteiger partial charge in [-0.1, -0.05) is 25.4 Å². The molecule has 3 amide bonds. The molecule has 0 aliphatic heterocycles. The first-order valence-electron chi connectivity index (χ1n) is 13.1. The van der Waals surface area contributed by atoms with Crippen LogP contribution in [-0.2, 0) is 14.6 Å². The van der Waals surface area contributed by atoms with Gasteiger partial charge in [0.1, 0.15) is 17.2 Å². The fourth-order valence-corrected chi connectivity index (χ4v) is 4.24. The number of sulfone groups is 1. The van der Waals surface area contributed by atoms with Gasteiger partial charge in [-0.2, -0.15) is 0 Å². The van der Waals surface area contributed by atoms with Gasteiger partial charge in [0.2, 0.25) is 0 Å². The second-order valence-electron chi connectivity index (χ2n) is 11.4. The minimum atomic E-state index is -3.63. The molecular weight excluding hydrogens is 598 g/mol. The maximum Gasteiger partial charge on any atom is 0.407 e. The zero-order chi connectivity index (χ0) is 32.0. The SMILES string of the molecule is CC(C)(CNC(=O)OC(C)(C)C)COc1cc(S(C)(=O)=O)ccc1C(=O)Nc1cccnc1C(=O)Nc1ccc(Cl)cn1. The zero-order valence-corrected chi connectivity index (χ0v) is 26.2. The highest BCUT2D eigenvalue weighted by Crippen LogP contribution is 2.27. The van der Waals surface area contributed by atoms with Gasteiger partial charge in [0.15, 0.2) is 15.5 Å². The van der Waals surface area contributed by atoms with Gasteiger partial charge in [-0.3, -0.25) is 9.59 Å². The Morgan fingerprint density at radius 1 is 0.953 bits per heavy atom. The molecule has 0 bridgehead atoms. The third-order valence-electron chi connectivity index (χ3n) is 5.59. The van der Waals surface area contributed by atoms with Crippen LogP contribution in [0.4, 0.5) is 16.3 Å². The number of nitrogens with zero attached hydrogens (tertiary/aromatic N) is 2. The number of hydrogen-bond acceptors (Lipinski definition) is 9. The van der Waals surface area contributed by atoms with E-state index in [9.17, 15) is 22.8 Å². The molecule has 0 radical (unpaired) electrons. The summed E-state index contributed by atoms with van der Waals surface area (Å²) >= 11 is 5.85. The van der Waals surface area contributed by atoms with Gasteiger partial charge < -0.3 is 25.4 Å². The molecular formula is C29H34ClN5O7S. The molecule has 0 saturated heterocycles. The number of ether oxygens (including phenoxy) is 2. The van der Waals surface area contributed by atoms with Crippen molar-refractivity contribution in [3.05, 3.63) is 71.1 Å². The molecule has 230 valence electrons. The number of carbonyl (C=O) groups excluding carboxylic acids is 3. The van der Waals surface area contributed by atoms with E-state index in [1.165, 1.54) is 48.8 Å². The first-order valence-corrected chi connectivity index (χ1v) is 15.3. The highest BCUT2D eigenvalue weighted by atomic mass is 35.5. The fraction of sp³-hybridized carbons (Fsp3) is 0.345. The smallest absolute Gasteiger partial charge is 0.407 e. The van der Waals surface area contributed by atoms with E-state index in [0.29, 0.717) is 5.02 Å². The molecule has 3 rings (SSSR count). The van der Waals surface area contributed by atoms with Crippen LogP contribution >= 0.6 is 11.6 Å². The Labute approximate surface area is 255 Å². The Balaban J connectivity index is 1.82. The van der Waals surface area contributed by atoms with Crippen molar-refractivity contribution >= 4 is 50.9 Å². The second kappa shape index (κ2) is 13.4. The lowest BCUT2D eigenvalue weighted by molar-refractivity contribution is 0.0492. The quantitative estimate of drug-likeness (QED) is 0.280. The molecule has 0 unspecified atom stereocenters. The molecule has 3 N–H and O–H groups in total. The Kier molecular flexibility index (Phi) is 10.4. The van der Waals surface area contributed by atoms with E-state index in [-0.39, 0.29) is 46.6 Å². The minimum absolute atomic E-state index is 0.00489. The van der Waals surface area contributed by atoms with Crippen LogP contribution in [0.3, 0.4) is 0 Å². The van der Waals surface area contributed by atoms with Gasteiger partial charge in [0.25, 0.3) is 11.8 Å². The summed E-state index contributed by atoms with van der Waals surface area (Å²) in [5, 5.41) is 8.33. The maximum atomic E-state index is 13.4. The Morgan fingerprint density at radius 2 is 1.67 bits per heavy atom. The number of rotatable bonds is 10. The van der Waals surface area contributed by atoms with Crippen molar-refractivity contribution < 1.29 is 32.3 Å². The summed E-state index contributed by atoms with van der Waals surface area (Å²) in [5.41, 5.74) is -1.29. The van der Waals surface area contributed by atoms with E-state index in [2.05, 4.69) is 25.9 Å². The van der Waals surface area contributed by atoms with Crippen molar-refractivity contribution in [2.45, 2.75) is 45.1 Å². The molecule has 0 fully saturated rings. The van der Waals surface area contributed by atoms with E-state index in [0.717, 1.165) is 6.26 Å². The van der Waals surface area contributed by atoms with Crippen LogP contribution in [0.15, 0.2) is 59.8 Å². The first-order chi connectivity index (χ1) is 19.9. The van der Waals surface area contributed by atoms with Gasteiger partial charge in [0.05, 0.1) is 27.8 Å². The third-order valence-corrected chi connectivity index (χ3v) is 6.93.